The van der Waals surface area contributed by atoms with Gasteiger partial charge in [-0.25, -0.2) is 0 Å². The summed E-state index contributed by atoms with van der Waals surface area (Å²) >= 11 is 0. The highest BCUT2D eigenvalue weighted by Gasteiger charge is 2.37. The van der Waals surface area contributed by atoms with Crippen molar-refractivity contribution in [2.75, 3.05) is 13.1 Å². The molecule has 1 fully saturated rings. The summed E-state index contributed by atoms with van der Waals surface area (Å²) in [6.07, 6.45) is 10.3. The van der Waals surface area contributed by atoms with Crippen LogP contribution in [0.25, 0.3) is 11.3 Å². The summed E-state index contributed by atoms with van der Waals surface area (Å²) in [5, 5.41) is 7.30. The highest BCUT2D eigenvalue weighted by Crippen LogP contribution is 2.41. The van der Waals surface area contributed by atoms with E-state index >= 15 is 0 Å². The first-order chi connectivity index (χ1) is 12.2. The lowest BCUT2D eigenvalue weighted by Crippen LogP contribution is -2.46. The minimum Gasteiger partial charge on any atom is -0.337 e. The fraction of sp³-hybridized carbons (Fsp3) is 0.429. The maximum absolute atomic E-state index is 13.0. The Hall–Kier alpha value is -2.36. The molecule has 25 heavy (non-hydrogen) atoms. The minimum atomic E-state index is 0.0829. The number of allylic oxidation sites excluding steroid dienone is 2. The van der Waals surface area contributed by atoms with Crippen molar-refractivity contribution in [3.05, 3.63) is 53.7 Å². The van der Waals surface area contributed by atoms with Gasteiger partial charge in [0, 0.05) is 18.7 Å². The number of likely N-dealkylation sites (tertiary alicyclic amines) is 1. The van der Waals surface area contributed by atoms with Crippen molar-refractivity contribution < 1.29 is 4.79 Å². The van der Waals surface area contributed by atoms with Crippen LogP contribution in [0.2, 0.25) is 0 Å². The Kier molecular flexibility index (Phi) is 4.20. The van der Waals surface area contributed by atoms with E-state index in [-0.39, 0.29) is 5.91 Å². The van der Waals surface area contributed by atoms with Crippen molar-refractivity contribution in [2.45, 2.75) is 39.0 Å². The van der Waals surface area contributed by atoms with Crippen LogP contribution in [0.4, 0.5) is 0 Å². The summed E-state index contributed by atoms with van der Waals surface area (Å²) in [5.74, 6) is 0.0829. The minimum absolute atomic E-state index is 0.0829. The molecule has 2 aliphatic rings. The summed E-state index contributed by atoms with van der Waals surface area (Å²) in [6.45, 7) is 3.79. The molecule has 4 nitrogen and oxygen atoms in total. The quantitative estimate of drug-likeness (QED) is 0.830. The van der Waals surface area contributed by atoms with Gasteiger partial charge in [0.05, 0.1) is 5.69 Å². The molecule has 0 bridgehead atoms. The SMILES string of the molecule is Cc1ccc(-c2cc(C(=O)N3CCCC4(CC=CCC4)C3)[nH]n2)cc1. The van der Waals surface area contributed by atoms with Gasteiger partial charge >= 0.3 is 0 Å². The van der Waals surface area contributed by atoms with E-state index in [0.717, 1.165) is 43.6 Å². The number of amides is 1. The van der Waals surface area contributed by atoms with Crippen LogP contribution in [-0.4, -0.2) is 34.1 Å². The van der Waals surface area contributed by atoms with Crippen LogP contribution in [0.3, 0.4) is 0 Å². The van der Waals surface area contributed by atoms with Gasteiger partial charge in [0.15, 0.2) is 0 Å². The molecule has 1 aromatic heterocycles. The van der Waals surface area contributed by atoms with Gasteiger partial charge in [-0.2, -0.15) is 5.10 Å². The fourth-order valence-electron chi connectivity index (χ4n) is 4.17. The van der Waals surface area contributed by atoms with Gasteiger partial charge in [-0.05, 0) is 50.5 Å². The van der Waals surface area contributed by atoms with Gasteiger partial charge in [-0.15, -0.1) is 0 Å². The Morgan fingerprint density at radius 1 is 1.20 bits per heavy atom. The van der Waals surface area contributed by atoms with Crippen molar-refractivity contribution in [1.29, 1.82) is 0 Å². The Morgan fingerprint density at radius 2 is 2.04 bits per heavy atom. The smallest absolute Gasteiger partial charge is 0.271 e. The van der Waals surface area contributed by atoms with E-state index in [0.29, 0.717) is 11.1 Å². The number of carbonyl (C=O) groups excluding carboxylic acids is 1. The molecule has 1 aliphatic heterocycles. The third-order valence-electron chi connectivity index (χ3n) is 5.66. The summed E-state index contributed by atoms with van der Waals surface area (Å²) in [7, 11) is 0. The summed E-state index contributed by atoms with van der Waals surface area (Å²) in [5.41, 5.74) is 3.97. The van der Waals surface area contributed by atoms with Gasteiger partial charge in [-0.3, -0.25) is 9.89 Å². The highest BCUT2D eigenvalue weighted by molar-refractivity contribution is 5.93. The number of rotatable bonds is 2. The van der Waals surface area contributed by atoms with E-state index in [4.69, 9.17) is 0 Å². The molecule has 1 unspecified atom stereocenters. The molecular formula is C21H25N3O. The Balaban J connectivity index is 1.51. The maximum Gasteiger partial charge on any atom is 0.271 e. The number of aromatic amines is 1. The van der Waals surface area contributed by atoms with Gasteiger partial charge in [-0.1, -0.05) is 42.0 Å². The van der Waals surface area contributed by atoms with Crippen LogP contribution in [0.1, 0.15) is 48.2 Å². The number of nitrogens with one attached hydrogen (secondary N) is 1. The zero-order valence-electron chi connectivity index (χ0n) is 14.8. The van der Waals surface area contributed by atoms with Crippen molar-refractivity contribution >= 4 is 5.91 Å². The number of aryl methyl sites for hydroxylation is 1. The zero-order valence-corrected chi connectivity index (χ0v) is 14.8. The first-order valence-electron chi connectivity index (χ1n) is 9.22. The van der Waals surface area contributed by atoms with E-state index in [1.54, 1.807) is 0 Å². The second kappa shape index (κ2) is 6.51. The lowest BCUT2D eigenvalue weighted by atomic mass is 9.71. The molecule has 4 rings (SSSR count). The number of benzene rings is 1. The molecule has 1 saturated heterocycles. The van der Waals surface area contributed by atoms with E-state index in [9.17, 15) is 4.79 Å². The highest BCUT2D eigenvalue weighted by atomic mass is 16.2. The summed E-state index contributed by atoms with van der Waals surface area (Å²) in [6, 6.07) is 10.1. The number of hydrogen-bond acceptors (Lipinski definition) is 2. The topological polar surface area (TPSA) is 49.0 Å². The van der Waals surface area contributed by atoms with E-state index in [1.165, 1.54) is 18.4 Å². The fourth-order valence-corrected chi connectivity index (χ4v) is 4.17. The lowest BCUT2D eigenvalue weighted by Gasteiger charge is -2.43. The molecule has 1 N–H and O–H groups in total. The number of H-pyrrole nitrogens is 1. The molecule has 4 heteroatoms. The van der Waals surface area contributed by atoms with E-state index in [2.05, 4.69) is 41.4 Å². The van der Waals surface area contributed by atoms with Crippen molar-refractivity contribution in [3.8, 4) is 11.3 Å². The average Bonchev–Trinajstić information content (AvgIpc) is 3.12. The number of nitrogens with zero attached hydrogens (tertiary/aromatic N) is 2. The van der Waals surface area contributed by atoms with Gasteiger partial charge in [0.1, 0.15) is 5.69 Å². The van der Waals surface area contributed by atoms with Gasteiger partial charge in [0.2, 0.25) is 0 Å². The van der Waals surface area contributed by atoms with Crippen LogP contribution in [0.15, 0.2) is 42.5 Å². The molecule has 1 atom stereocenters. The van der Waals surface area contributed by atoms with E-state index < -0.39 is 0 Å². The largest absolute Gasteiger partial charge is 0.337 e. The van der Waals surface area contributed by atoms with Crippen LogP contribution in [0.5, 0.6) is 0 Å². The van der Waals surface area contributed by atoms with Crippen LogP contribution in [0, 0.1) is 12.3 Å². The molecule has 1 aromatic carbocycles. The summed E-state index contributed by atoms with van der Waals surface area (Å²) < 4.78 is 0. The zero-order chi connectivity index (χ0) is 17.3. The number of aromatic nitrogens is 2. The predicted molar refractivity (Wildman–Crippen MR) is 99.3 cm³/mol. The normalized spacial score (nSPS) is 23.2. The molecular weight excluding hydrogens is 310 g/mol. The van der Waals surface area contributed by atoms with Crippen molar-refractivity contribution in [1.82, 2.24) is 15.1 Å². The molecule has 2 aromatic rings. The molecule has 130 valence electrons. The van der Waals surface area contributed by atoms with Crippen molar-refractivity contribution in [2.24, 2.45) is 5.41 Å². The molecule has 0 saturated carbocycles. The molecule has 1 aliphatic carbocycles. The van der Waals surface area contributed by atoms with Gasteiger partial charge in [0.25, 0.3) is 5.91 Å². The van der Waals surface area contributed by atoms with Crippen LogP contribution in [-0.2, 0) is 0 Å². The van der Waals surface area contributed by atoms with Crippen LogP contribution >= 0.6 is 0 Å². The summed E-state index contributed by atoms with van der Waals surface area (Å²) in [4.78, 5) is 15.0. The maximum atomic E-state index is 13.0. The van der Waals surface area contributed by atoms with E-state index in [1.807, 2.05) is 23.1 Å². The number of piperidine rings is 1. The standard InChI is InChI=1S/C21H25N3O/c1-16-6-8-17(9-7-16)18-14-19(23-22-18)20(25)24-13-5-12-21(15-24)10-3-2-4-11-21/h2-3,6-9,14H,4-5,10-13,15H2,1H3,(H,22,23). The second-order valence-corrected chi connectivity index (χ2v) is 7.58. The molecule has 1 amide bonds. The third kappa shape index (κ3) is 3.26. The Labute approximate surface area is 148 Å². The number of carbonyl (C=O) groups is 1. The average molecular weight is 335 g/mol. The molecule has 1 spiro atoms. The first-order valence-corrected chi connectivity index (χ1v) is 9.22. The predicted octanol–water partition coefficient (Wildman–Crippen LogP) is 4.35. The Bertz CT molecular complexity index is 790. The van der Waals surface area contributed by atoms with Gasteiger partial charge < -0.3 is 4.90 Å². The molecule has 2 heterocycles. The van der Waals surface area contributed by atoms with Crippen LogP contribution < -0.4 is 0 Å². The van der Waals surface area contributed by atoms with Crippen molar-refractivity contribution in [3.63, 3.8) is 0 Å². The second-order valence-electron chi connectivity index (χ2n) is 7.58. The Morgan fingerprint density at radius 3 is 2.80 bits per heavy atom. The lowest BCUT2D eigenvalue weighted by molar-refractivity contribution is 0.0479. The molecule has 0 radical (unpaired) electrons. The first kappa shape index (κ1) is 16.1. The third-order valence-corrected chi connectivity index (χ3v) is 5.66. The number of hydrogen-bond donors (Lipinski definition) is 1. The monoisotopic (exact) mass is 335 g/mol.